The largest absolute Gasteiger partial charge is 0.491 e. The molecule has 5 nitrogen and oxygen atoms in total. The maximum Gasteiger partial charge on any atom is 0.251 e. The highest BCUT2D eigenvalue weighted by atomic mass is 19.1. The second kappa shape index (κ2) is 9.66. The van der Waals surface area contributed by atoms with Gasteiger partial charge in [-0.1, -0.05) is 12.1 Å². The molecule has 2 aromatic rings. The Morgan fingerprint density at radius 1 is 1.11 bits per heavy atom. The van der Waals surface area contributed by atoms with Crippen molar-refractivity contribution < 1.29 is 23.6 Å². The predicted octanol–water partition coefficient (Wildman–Crippen LogP) is 2.00. The van der Waals surface area contributed by atoms with Crippen LogP contribution in [-0.2, 0) is 4.74 Å². The highest BCUT2D eigenvalue weighted by molar-refractivity contribution is 5.94. The summed E-state index contributed by atoms with van der Waals surface area (Å²) in [5.41, 5.74) is 1.60. The van der Waals surface area contributed by atoms with Crippen molar-refractivity contribution in [3.05, 3.63) is 65.5 Å². The lowest BCUT2D eigenvalue weighted by Crippen LogP contribution is -3.15. The molecule has 1 atom stereocenters. The van der Waals surface area contributed by atoms with Crippen LogP contribution in [0.25, 0.3) is 0 Å². The standard InChI is InChI=1S/C22H27FN2O3/c1-16(2)28-20-9-5-18(6-10-20)22(26)24-15-21(25-11-13-27-14-12-25)17-3-7-19(23)8-4-17/h3-10,16,21H,11-15H2,1-2H3,(H,24,26)/p+1/t21-/m0/s1. The molecule has 28 heavy (non-hydrogen) atoms. The molecule has 0 aliphatic carbocycles. The molecular weight excluding hydrogens is 359 g/mol. The molecule has 0 radical (unpaired) electrons. The van der Waals surface area contributed by atoms with E-state index in [0.717, 1.165) is 24.4 Å². The van der Waals surface area contributed by atoms with Crippen LogP contribution in [-0.4, -0.2) is 44.9 Å². The quantitative estimate of drug-likeness (QED) is 0.764. The second-order valence-corrected chi connectivity index (χ2v) is 7.28. The molecule has 2 N–H and O–H groups in total. The smallest absolute Gasteiger partial charge is 0.251 e. The molecular formula is C22H28FN2O3+. The molecule has 1 heterocycles. The number of amides is 1. The van der Waals surface area contributed by atoms with E-state index in [0.29, 0.717) is 25.3 Å². The fourth-order valence-electron chi connectivity index (χ4n) is 3.43. The lowest BCUT2D eigenvalue weighted by molar-refractivity contribution is -0.937. The minimum absolute atomic E-state index is 0.0528. The molecule has 6 heteroatoms. The number of hydrogen-bond donors (Lipinski definition) is 2. The van der Waals surface area contributed by atoms with Gasteiger partial charge in [0, 0.05) is 11.1 Å². The summed E-state index contributed by atoms with van der Waals surface area (Å²) in [4.78, 5) is 13.9. The third kappa shape index (κ3) is 5.53. The summed E-state index contributed by atoms with van der Waals surface area (Å²) in [5, 5.41) is 3.03. The van der Waals surface area contributed by atoms with E-state index in [9.17, 15) is 9.18 Å². The summed E-state index contributed by atoms with van der Waals surface area (Å²) in [5.74, 6) is 0.358. The Morgan fingerprint density at radius 3 is 2.36 bits per heavy atom. The highest BCUT2D eigenvalue weighted by Crippen LogP contribution is 2.15. The van der Waals surface area contributed by atoms with Crippen molar-refractivity contribution in [3.63, 3.8) is 0 Å². The number of halogens is 1. The number of benzene rings is 2. The van der Waals surface area contributed by atoms with E-state index in [2.05, 4.69) is 5.32 Å². The van der Waals surface area contributed by atoms with Crippen LogP contribution in [0.5, 0.6) is 5.75 Å². The highest BCUT2D eigenvalue weighted by Gasteiger charge is 2.27. The maximum atomic E-state index is 13.3. The third-order valence-corrected chi connectivity index (χ3v) is 4.86. The first-order chi connectivity index (χ1) is 13.5. The van der Waals surface area contributed by atoms with E-state index < -0.39 is 0 Å². The molecule has 0 spiro atoms. The topological polar surface area (TPSA) is 52.0 Å². The Labute approximate surface area is 165 Å². The Kier molecular flexibility index (Phi) is 7.01. The number of quaternary nitrogens is 1. The molecule has 150 valence electrons. The average Bonchev–Trinajstić information content (AvgIpc) is 2.70. The Bertz CT molecular complexity index is 756. The van der Waals surface area contributed by atoms with Crippen molar-refractivity contribution >= 4 is 5.91 Å². The van der Waals surface area contributed by atoms with Crippen molar-refractivity contribution in [2.24, 2.45) is 0 Å². The van der Waals surface area contributed by atoms with Gasteiger partial charge < -0.3 is 19.7 Å². The van der Waals surface area contributed by atoms with Crippen LogP contribution in [0.2, 0.25) is 0 Å². The van der Waals surface area contributed by atoms with Crippen LogP contribution < -0.4 is 15.0 Å². The number of carbonyl (C=O) groups excluding carboxylic acids is 1. The van der Waals surface area contributed by atoms with Gasteiger partial charge in [-0.05, 0) is 50.2 Å². The van der Waals surface area contributed by atoms with Gasteiger partial charge in [0.1, 0.15) is 30.7 Å². The number of morpholine rings is 1. The number of carbonyl (C=O) groups is 1. The maximum absolute atomic E-state index is 13.3. The Morgan fingerprint density at radius 2 is 1.75 bits per heavy atom. The lowest BCUT2D eigenvalue weighted by atomic mass is 10.0. The zero-order chi connectivity index (χ0) is 19.9. The number of nitrogens with one attached hydrogen (secondary N) is 2. The van der Waals surface area contributed by atoms with E-state index in [1.165, 1.54) is 17.0 Å². The first-order valence-corrected chi connectivity index (χ1v) is 9.75. The number of ether oxygens (including phenoxy) is 2. The molecule has 1 fully saturated rings. The fourth-order valence-corrected chi connectivity index (χ4v) is 3.43. The summed E-state index contributed by atoms with van der Waals surface area (Å²) in [6.45, 7) is 7.51. The molecule has 1 amide bonds. The van der Waals surface area contributed by atoms with Gasteiger partial charge in [0.15, 0.2) is 0 Å². The number of hydrogen-bond acceptors (Lipinski definition) is 3. The van der Waals surface area contributed by atoms with Gasteiger partial charge in [-0.3, -0.25) is 4.79 Å². The minimum atomic E-state index is -0.257. The Balaban J connectivity index is 1.66. The van der Waals surface area contributed by atoms with Crippen LogP contribution in [0.1, 0.15) is 35.8 Å². The normalized spacial score (nSPS) is 16.0. The van der Waals surface area contributed by atoms with E-state index in [4.69, 9.17) is 9.47 Å². The second-order valence-electron chi connectivity index (χ2n) is 7.28. The van der Waals surface area contributed by atoms with Gasteiger partial charge in [0.25, 0.3) is 5.91 Å². The van der Waals surface area contributed by atoms with Crippen molar-refractivity contribution in [3.8, 4) is 5.75 Å². The van der Waals surface area contributed by atoms with Gasteiger partial charge in [0.2, 0.25) is 0 Å². The first-order valence-electron chi connectivity index (χ1n) is 9.75. The summed E-state index contributed by atoms with van der Waals surface area (Å²) in [6.07, 6.45) is 0.0904. The molecule has 0 saturated carbocycles. The van der Waals surface area contributed by atoms with Crippen molar-refractivity contribution in [1.82, 2.24) is 5.32 Å². The Hall–Kier alpha value is -2.44. The molecule has 1 saturated heterocycles. The van der Waals surface area contributed by atoms with Crippen molar-refractivity contribution in [2.75, 3.05) is 32.8 Å². The van der Waals surface area contributed by atoms with Crippen LogP contribution in [0.15, 0.2) is 48.5 Å². The monoisotopic (exact) mass is 387 g/mol. The van der Waals surface area contributed by atoms with Crippen molar-refractivity contribution in [2.45, 2.75) is 26.0 Å². The first kappa shape index (κ1) is 20.3. The van der Waals surface area contributed by atoms with Gasteiger partial charge in [-0.2, -0.15) is 0 Å². The summed E-state index contributed by atoms with van der Waals surface area (Å²) in [6, 6.07) is 13.7. The molecule has 1 aliphatic rings. The van der Waals surface area contributed by atoms with Crippen LogP contribution in [0.3, 0.4) is 0 Å². The van der Waals surface area contributed by atoms with E-state index in [1.807, 2.05) is 13.8 Å². The average molecular weight is 387 g/mol. The predicted molar refractivity (Wildman–Crippen MR) is 105 cm³/mol. The summed E-state index contributed by atoms with van der Waals surface area (Å²) >= 11 is 0. The summed E-state index contributed by atoms with van der Waals surface area (Å²) < 4.78 is 24.4. The van der Waals surface area contributed by atoms with Gasteiger partial charge in [-0.15, -0.1) is 0 Å². The molecule has 0 unspecified atom stereocenters. The zero-order valence-electron chi connectivity index (χ0n) is 16.4. The molecule has 0 bridgehead atoms. The van der Waals surface area contributed by atoms with Crippen LogP contribution in [0.4, 0.5) is 4.39 Å². The fraction of sp³-hybridized carbons (Fsp3) is 0.409. The van der Waals surface area contributed by atoms with Gasteiger partial charge in [-0.25, -0.2) is 4.39 Å². The van der Waals surface area contributed by atoms with E-state index in [1.54, 1.807) is 36.4 Å². The van der Waals surface area contributed by atoms with Crippen LogP contribution >= 0.6 is 0 Å². The molecule has 2 aromatic carbocycles. The van der Waals surface area contributed by atoms with E-state index in [-0.39, 0.29) is 23.9 Å². The number of rotatable bonds is 7. The molecule has 1 aliphatic heterocycles. The lowest BCUT2D eigenvalue weighted by Gasteiger charge is -2.32. The zero-order valence-corrected chi connectivity index (χ0v) is 16.4. The van der Waals surface area contributed by atoms with Crippen molar-refractivity contribution in [1.29, 1.82) is 0 Å². The SMILES string of the molecule is CC(C)Oc1ccc(C(=O)NC[C@@H](c2ccc(F)cc2)[NH+]2CCOCC2)cc1. The van der Waals surface area contributed by atoms with E-state index >= 15 is 0 Å². The molecule has 0 aromatic heterocycles. The third-order valence-electron chi connectivity index (χ3n) is 4.86. The minimum Gasteiger partial charge on any atom is -0.491 e. The van der Waals surface area contributed by atoms with Gasteiger partial charge in [0.05, 0.1) is 25.9 Å². The van der Waals surface area contributed by atoms with Gasteiger partial charge >= 0.3 is 0 Å². The molecule has 3 rings (SSSR count). The summed E-state index contributed by atoms with van der Waals surface area (Å²) in [7, 11) is 0. The van der Waals surface area contributed by atoms with Crippen LogP contribution in [0, 0.1) is 5.82 Å².